The summed E-state index contributed by atoms with van der Waals surface area (Å²) >= 11 is 1.42. The van der Waals surface area contributed by atoms with E-state index in [0.717, 1.165) is 15.0 Å². The van der Waals surface area contributed by atoms with Crippen molar-refractivity contribution in [2.45, 2.75) is 27.3 Å². The smallest absolute Gasteiger partial charge is 0.326 e. The van der Waals surface area contributed by atoms with Gasteiger partial charge in [-0.25, -0.2) is 4.98 Å². The highest BCUT2D eigenvalue weighted by Crippen LogP contribution is 2.25. The van der Waals surface area contributed by atoms with Gasteiger partial charge >= 0.3 is 5.97 Å². The number of nitrogens with zero attached hydrogens (tertiary/aromatic N) is 2. The molecule has 3 rings (SSSR count). The predicted octanol–water partition coefficient (Wildman–Crippen LogP) is 2.46. The normalized spacial score (nSPS) is 10.7. The Bertz CT molecular complexity index is 1180. The maximum atomic E-state index is 12.6. The lowest BCUT2D eigenvalue weighted by Crippen LogP contribution is -2.28. The summed E-state index contributed by atoms with van der Waals surface area (Å²) in [7, 11) is 0. The number of amides is 1. The average molecular weight is 413 g/mol. The number of Topliss-reactive ketones (excluding diaryl/α,β-unsaturated/α-hetero) is 1. The van der Waals surface area contributed by atoms with Gasteiger partial charge in [-0.05, 0) is 38.5 Å². The number of esters is 1. The second kappa shape index (κ2) is 8.36. The number of hydrogen-bond acceptors (Lipinski definition) is 7. The van der Waals surface area contributed by atoms with E-state index in [9.17, 15) is 19.2 Å². The molecule has 0 radical (unpaired) electrons. The lowest BCUT2D eigenvalue weighted by atomic mass is 10.1. The highest BCUT2D eigenvalue weighted by atomic mass is 32.1. The van der Waals surface area contributed by atoms with E-state index in [1.54, 1.807) is 24.3 Å². The topological polar surface area (TPSA) is 107 Å². The fraction of sp³-hybridized carbons (Fsp3) is 0.250. The maximum Gasteiger partial charge on any atom is 0.326 e. The molecule has 0 aliphatic carbocycles. The molecule has 150 valence electrons. The summed E-state index contributed by atoms with van der Waals surface area (Å²) in [4.78, 5) is 54.2. The molecule has 1 amide bonds. The first-order valence-corrected chi connectivity index (χ1v) is 9.60. The third kappa shape index (κ3) is 4.40. The van der Waals surface area contributed by atoms with Gasteiger partial charge in [0.2, 0.25) is 0 Å². The Balaban J connectivity index is 1.63. The van der Waals surface area contributed by atoms with Crippen LogP contribution in [-0.4, -0.2) is 33.8 Å². The molecule has 2 aromatic heterocycles. The van der Waals surface area contributed by atoms with Crippen LogP contribution in [0.5, 0.6) is 0 Å². The molecule has 2 heterocycles. The zero-order valence-electron chi connectivity index (χ0n) is 16.1. The number of nitrogens with one attached hydrogen (secondary N) is 1. The molecule has 0 fully saturated rings. The molecule has 1 aromatic carbocycles. The van der Waals surface area contributed by atoms with Crippen molar-refractivity contribution in [3.05, 3.63) is 57.0 Å². The molecule has 0 bridgehead atoms. The van der Waals surface area contributed by atoms with Crippen LogP contribution in [-0.2, 0) is 20.9 Å². The number of ether oxygens (including phenoxy) is 1. The fourth-order valence-corrected chi connectivity index (χ4v) is 3.79. The van der Waals surface area contributed by atoms with E-state index in [1.165, 1.54) is 24.6 Å². The van der Waals surface area contributed by atoms with Gasteiger partial charge in [-0.1, -0.05) is 12.1 Å². The highest BCUT2D eigenvalue weighted by molar-refractivity contribution is 7.18. The lowest BCUT2D eigenvalue weighted by Gasteiger charge is -2.10. The third-order valence-electron chi connectivity index (χ3n) is 4.40. The molecule has 3 aromatic rings. The Morgan fingerprint density at radius 1 is 1.21 bits per heavy atom. The number of fused-ring (bicyclic) bond motifs is 1. The molecule has 0 atom stereocenters. The van der Waals surface area contributed by atoms with E-state index in [-0.39, 0.29) is 17.9 Å². The number of carbonyl (C=O) groups is 3. The van der Waals surface area contributed by atoms with Crippen molar-refractivity contribution in [3.63, 3.8) is 0 Å². The Labute approximate surface area is 170 Å². The minimum absolute atomic E-state index is 0.195. The van der Waals surface area contributed by atoms with Crippen LogP contribution in [0.1, 0.15) is 27.7 Å². The minimum Gasteiger partial charge on any atom is -0.454 e. The molecule has 9 heteroatoms. The number of anilines is 1. The van der Waals surface area contributed by atoms with Crippen LogP contribution in [0.3, 0.4) is 0 Å². The Morgan fingerprint density at radius 3 is 2.66 bits per heavy atom. The first kappa shape index (κ1) is 20.4. The van der Waals surface area contributed by atoms with Gasteiger partial charge in [-0.15, -0.1) is 11.3 Å². The number of ketones is 1. The summed E-state index contributed by atoms with van der Waals surface area (Å²) < 4.78 is 6.12. The molecule has 0 saturated carbocycles. The van der Waals surface area contributed by atoms with Gasteiger partial charge in [0.15, 0.2) is 12.4 Å². The zero-order chi connectivity index (χ0) is 21.1. The van der Waals surface area contributed by atoms with Crippen molar-refractivity contribution in [2.75, 3.05) is 11.9 Å². The molecule has 1 N–H and O–H groups in total. The van der Waals surface area contributed by atoms with Crippen LogP contribution in [0, 0.1) is 13.8 Å². The number of rotatable bonds is 6. The van der Waals surface area contributed by atoms with Crippen molar-refractivity contribution in [1.82, 2.24) is 9.55 Å². The van der Waals surface area contributed by atoms with Gasteiger partial charge in [-0.2, -0.15) is 0 Å². The molecule has 8 nitrogen and oxygen atoms in total. The number of aromatic nitrogens is 2. The maximum absolute atomic E-state index is 12.6. The van der Waals surface area contributed by atoms with E-state index in [1.807, 2.05) is 13.8 Å². The molecular weight excluding hydrogens is 394 g/mol. The van der Waals surface area contributed by atoms with Gasteiger partial charge in [0.1, 0.15) is 11.4 Å². The number of carbonyl (C=O) groups excluding carboxylic acids is 3. The van der Waals surface area contributed by atoms with Crippen LogP contribution in [0.25, 0.3) is 10.2 Å². The molecule has 0 aliphatic heterocycles. The molecular formula is C20H19N3O5S. The zero-order valence-corrected chi connectivity index (χ0v) is 17.0. The van der Waals surface area contributed by atoms with Crippen LogP contribution in [0.15, 0.2) is 35.4 Å². The van der Waals surface area contributed by atoms with Crippen molar-refractivity contribution < 1.29 is 19.1 Å². The van der Waals surface area contributed by atoms with E-state index in [2.05, 4.69) is 10.3 Å². The van der Waals surface area contributed by atoms with E-state index in [0.29, 0.717) is 21.5 Å². The molecule has 0 spiro atoms. The minimum atomic E-state index is -0.743. The number of aryl methyl sites for hydroxylation is 2. The first-order chi connectivity index (χ1) is 13.8. The number of hydrogen-bond donors (Lipinski definition) is 1. The van der Waals surface area contributed by atoms with Crippen LogP contribution in [0.2, 0.25) is 0 Å². The SMILES string of the molecule is CC(=O)c1ccccc1NC(=O)COC(=O)Cn1cnc2sc(C)c(C)c2c1=O. The van der Waals surface area contributed by atoms with Gasteiger partial charge in [0.05, 0.1) is 17.4 Å². The summed E-state index contributed by atoms with van der Waals surface area (Å²) in [5.41, 5.74) is 1.22. The lowest BCUT2D eigenvalue weighted by molar-refractivity contribution is -0.147. The summed E-state index contributed by atoms with van der Waals surface area (Å²) in [5, 5.41) is 3.03. The quantitative estimate of drug-likeness (QED) is 0.491. The summed E-state index contributed by atoms with van der Waals surface area (Å²) in [6.45, 7) is 4.25. The first-order valence-electron chi connectivity index (χ1n) is 8.78. The molecule has 0 saturated heterocycles. The third-order valence-corrected chi connectivity index (χ3v) is 5.52. The molecule has 0 unspecified atom stereocenters. The standard InChI is InChI=1S/C20H19N3O5S/c1-11-13(3)29-19-18(11)20(27)23(10-21-19)8-17(26)28-9-16(25)22-15-7-5-4-6-14(15)12(2)24/h4-7,10H,8-9H2,1-3H3,(H,22,25). The average Bonchev–Trinajstić information content (AvgIpc) is 2.97. The van der Waals surface area contributed by atoms with Crippen molar-refractivity contribution in [2.24, 2.45) is 0 Å². The van der Waals surface area contributed by atoms with Gasteiger partial charge in [0.25, 0.3) is 11.5 Å². The van der Waals surface area contributed by atoms with Crippen molar-refractivity contribution >= 4 is 44.9 Å². The van der Waals surface area contributed by atoms with Crippen molar-refractivity contribution in [1.29, 1.82) is 0 Å². The Kier molecular flexibility index (Phi) is 5.88. The van der Waals surface area contributed by atoms with E-state index >= 15 is 0 Å². The largest absolute Gasteiger partial charge is 0.454 e. The van der Waals surface area contributed by atoms with Crippen LogP contribution in [0.4, 0.5) is 5.69 Å². The van der Waals surface area contributed by atoms with Gasteiger partial charge in [0, 0.05) is 10.4 Å². The summed E-state index contributed by atoms with van der Waals surface area (Å²) in [5.74, 6) is -1.52. The summed E-state index contributed by atoms with van der Waals surface area (Å²) in [6, 6.07) is 6.54. The fourth-order valence-electron chi connectivity index (χ4n) is 2.80. The molecule has 29 heavy (non-hydrogen) atoms. The second-order valence-electron chi connectivity index (χ2n) is 6.45. The Hall–Kier alpha value is -3.33. The highest BCUT2D eigenvalue weighted by Gasteiger charge is 2.15. The number of para-hydroxylation sites is 1. The summed E-state index contributed by atoms with van der Waals surface area (Å²) in [6.07, 6.45) is 1.30. The molecule has 0 aliphatic rings. The van der Waals surface area contributed by atoms with Gasteiger partial charge in [-0.3, -0.25) is 23.7 Å². The van der Waals surface area contributed by atoms with E-state index in [4.69, 9.17) is 4.74 Å². The van der Waals surface area contributed by atoms with Gasteiger partial charge < -0.3 is 10.1 Å². The van der Waals surface area contributed by atoms with Crippen LogP contribution >= 0.6 is 11.3 Å². The predicted molar refractivity (Wildman–Crippen MR) is 109 cm³/mol. The Morgan fingerprint density at radius 2 is 1.93 bits per heavy atom. The van der Waals surface area contributed by atoms with Crippen molar-refractivity contribution in [3.8, 4) is 0 Å². The number of benzene rings is 1. The van der Waals surface area contributed by atoms with E-state index < -0.39 is 18.5 Å². The number of thiophene rings is 1. The van der Waals surface area contributed by atoms with Crippen LogP contribution < -0.4 is 10.9 Å². The monoisotopic (exact) mass is 413 g/mol. The second-order valence-corrected chi connectivity index (χ2v) is 7.65.